The third-order valence-electron chi connectivity index (χ3n) is 5.37. The van der Waals surface area contributed by atoms with Gasteiger partial charge in [-0.2, -0.15) is 0 Å². The average molecular weight is 404 g/mol. The summed E-state index contributed by atoms with van der Waals surface area (Å²) < 4.78 is 11.0. The summed E-state index contributed by atoms with van der Waals surface area (Å²) in [6.07, 6.45) is 0. The van der Waals surface area contributed by atoms with E-state index in [9.17, 15) is 4.79 Å². The van der Waals surface area contributed by atoms with Gasteiger partial charge in [-0.25, -0.2) is 0 Å². The van der Waals surface area contributed by atoms with Gasteiger partial charge in [0.2, 0.25) is 12.7 Å². The molecule has 0 bridgehead atoms. The van der Waals surface area contributed by atoms with Crippen molar-refractivity contribution in [3.63, 3.8) is 0 Å². The fourth-order valence-electron chi connectivity index (χ4n) is 3.97. The first-order chi connectivity index (χ1) is 14.3. The van der Waals surface area contributed by atoms with Crippen LogP contribution in [0, 0.1) is 0 Å². The molecule has 4 nitrogen and oxygen atoms in total. The van der Waals surface area contributed by atoms with Gasteiger partial charge in [-0.1, -0.05) is 66.7 Å². The Morgan fingerprint density at radius 1 is 0.897 bits per heavy atom. The topological polar surface area (TPSA) is 38.8 Å². The third kappa shape index (κ3) is 3.47. The number of benzene rings is 3. The molecule has 29 heavy (non-hydrogen) atoms. The summed E-state index contributed by atoms with van der Waals surface area (Å²) in [7, 11) is 0. The Morgan fingerprint density at radius 2 is 1.55 bits per heavy atom. The SMILES string of the molecule is O=C(C(c1ccccc1)c1ccccc1)N1CCS[C@H]1c1ccc2c(c1)OCO2. The van der Waals surface area contributed by atoms with Gasteiger partial charge in [0, 0.05) is 12.3 Å². The maximum absolute atomic E-state index is 13.8. The summed E-state index contributed by atoms with van der Waals surface area (Å²) in [4.78, 5) is 15.8. The van der Waals surface area contributed by atoms with Crippen molar-refractivity contribution in [2.24, 2.45) is 0 Å². The molecule has 1 atom stereocenters. The Bertz CT molecular complexity index is 970. The van der Waals surface area contributed by atoms with Gasteiger partial charge in [-0.05, 0) is 28.8 Å². The smallest absolute Gasteiger partial charge is 0.235 e. The maximum atomic E-state index is 13.8. The number of carbonyl (C=O) groups excluding carboxylic acids is 1. The predicted octanol–water partition coefficient (Wildman–Crippen LogP) is 4.82. The Morgan fingerprint density at radius 3 is 2.24 bits per heavy atom. The van der Waals surface area contributed by atoms with E-state index >= 15 is 0 Å². The van der Waals surface area contributed by atoms with Crippen LogP contribution < -0.4 is 9.47 Å². The second-order valence-corrected chi connectivity index (χ2v) is 8.31. The van der Waals surface area contributed by atoms with Crippen molar-refractivity contribution in [2.45, 2.75) is 11.3 Å². The Balaban J connectivity index is 1.49. The van der Waals surface area contributed by atoms with E-state index in [1.807, 2.05) is 83.8 Å². The fourth-order valence-corrected chi connectivity index (χ4v) is 5.23. The van der Waals surface area contributed by atoms with Gasteiger partial charge in [0.05, 0.1) is 5.92 Å². The monoisotopic (exact) mass is 403 g/mol. The number of thioether (sulfide) groups is 1. The molecule has 0 saturated carbocycles. The predicted molar refractivity (Wildman–Crippen MR) is 114 cm³/mol. The van der Waals surface area contributed by atoms with Gasteiger partial charge in [-0.15, -0.1) is 11.8 Å². The molecule has 3 aromatic rings. The lowest BCUT2D eigenvalue weighted by Crippen LogP contribution is -2.35. The lowest BCUT2D eigenvalue weighted by Gasteiger charge is -2.29. The zero-order valence-electron chi connectivity index (χ0n) is 15.9. The summed E-state index contributed by atoms with van der Waals surface area (Å²) in [5, 5.41) is -0.0214. The normalized spacial score (nSPS) is 17.7. The maximum Gasteiger partial charge on any atom is 0.235 e. The number of ether oxygens (including phenoxy) is 2. The molecule has 0 aromatic heterocycles. The van der Waals surface area contributed by atoms with Gasteiger partial charge in [0.15, 0.2) is 11.5 Å². The molecule has 2 aliphatic heterocycles. The Hall–Kier alpha value is -2.92. The highest BCUT2D eigenvalue weighted by atomic mass is 32.2. The molecule has 2 aliphatic rings. The second kappa shape index (κ2) is 7.84. The summed E-state index contributed by atoms with van der Waals surface area (Å²) in [6.45, 7) is 0.988. The molecule has 0 unspecified atom stereocenters. The molecule has 2 heterocycles. The Kier molecular flexibility index (Phi) is 4.90. The van der Waals surface area contributed by atoms with Crippen LogP contribution in [0.25, 0.3) is 0 Å². The number of nitrogens with zero attached hydrogens (tertiary/aromatic N) is 1. The molecular weight excluding hydrogens is 382 g/mol. The van der Waals surface area contributed by atoms with Crippen LogP contribution in [0.1, 0.15) is 28.0 Å². The molecular formula is C24H21NO3S. The van der Waals surface area contributed by atoms with Crippen molar-refractivity contribution in [1.29, 1.82) is 0 Å². The number of fused-ring (bicyclic) bond motifs is 1. The zero-order valence-corrected chi connectivity index (χ0v) is 16.7. The van der Waals surface area contributed by atoms with Gasteiger partial charge in [-0.3, -0.25) is 4.79 Å². The van der Waals surface area contributed by atoms with Crippen molar-refractivity contribution >= 4 is 17.7 Å². The first-order valence-electron chi connectivity index (χ1n) is 9.73. The standard InChI is InChI=1S/C24H21NO3S/c26-23(22(17-7-3-1-4-8-17)18-9-5-2-6-10-18)25-13-14-29-24(25)19-11-12-20-21(15-19)28-16-27-20/h1-12,15,22,24H,13-14,16H2/t24-/m0/s1. The molecule has 5 heteroatoms. The number of amides is 1. The van der Waals surface area contributed by atoms with Gasteiger partial charge in [0.25, 0.3) is 0 Å². The van der Waals surface area contributed by atoms with Crippen LogP contribution in [0.5, 0.6) is 11.5 Å². The number of carbonyl (C=O) groups is 1. The van der Waals surface area contributed by atoms with Crippen LogP contribution in [0.15, 0.2) is 78.9 Å². The van der Waals surface area contributed by atoms with E-state index in [0.717, 1.165) is 40.5 Å². The molecule has 0 N–H and O–H groups in total. The van der Waals surface area contributed by atoms with E-state index in [-0.39, 0.29) is 24.0 Å². The van der Waals surface area contributed by atoms with Crippen molar-refractivity contribution in [3.05, 3.63) is 95.6 Å². The minimum absolute atomic E-state index is 0.0214. The van der Waals surface area contributed by atoms with Crippen LogP contribution in [0.2, 0.25) is 0 Å². The molecule has 5 rings (SSSR count). The van der Waals surface area contributed by atoms with Gasteiger partial charge >= 0.3 is 0 Å². The second-order valence-electron chi connectivity index (χ2n) is 7.12. The molecule has 1 fully saturated rings. The highest BCUT2D eigenvalue weighted by Crippen LogP contribution is 2.44. The summed E-state index contributed by atoms with van der Waals surface area (Å²) in [5.41, 5.74) is 3.11. The molecule has 3 aromatic carbocycles. The van der Waals surface area contributed by atoms with E-state index in [2.05, 4.69) is 0 Å². The molecule has 0 spiro atoms. The van der Waals surface area contributed by atoms with Crippen molar-refractivity contribution in [2.75, 3.05) is 19.1 Å². The van der Waals surface area contributed by atoms with Crippen LogP contribution >= 0.6 is 11.8 Å². The third-order valence-corrected chi connectivity index (χ3v) is 6.63. The highest BCUT2D eigenvalue weighted by molar-refractivity contribution is 7.99. The lowest BCUT2D eigenvalue weighted by atomic mass is 9.90. The summed E-state index contributed by atoms with van der Waals surface area (Å²) >= 11 is 1.79. The lowest BCUT2D eigenvalue weighted by molar-refractivity contribution is -0.132. The number of hydrogen-bond donors (Lipinski definition) is 0. The van der Waals surface area contributed by atoms with Crippen LogP contribution in [0.3, 0.4) is 0 Å². The molecule has 1 amide bonds. The molecule has 1 saturated heterocycles. The minimum Gasteiger partial charge on any atom is -0.454 e. The van der Waals surface area contributed by atoms with Crippen molar-refractivity contribution in [3.8, 4) is 11.5 Å². The van der Waals surface area contributed by atoms with Gasteiger partial charge in [0.1, 0.15) is 5.37 Å². The van der Waals surface area contributed by atoms with E-state index in [1.165, 1.54) is 0 Å². The number of hydrogen-bond acceptors (Lipinski definition) is 4. The zero-order chi connectivity index (χ0) is 19.6. The minimum atomic E-state index is -0.312. The first kappa shape index (κ1) is 18.1. The average Bonchev–Trinajstić information content (AvgIpc) is 3.44. The van der Waals surface area contributed by atoms with Crippen LogP contribution in [-0.2, 0) is 4.79 Å². The highest BCUT2D eigenvalue weighted by Gasteiger charge is 2.36. The van der Waals surface area contributed by atoms with E-state index in [1.54, 1.807) is 11.8 Å². The van der Waals surface area contributed by atoms with Crippen molar-refractivity contribution < 1.29 is 14.3 Å². The van der Waals surface area contributed by atoms with Gasteiger partial charge < -0.3 is 14.4 Å². The molecule has 0 radical (unpaired) electrons. The Labute approximate surface area is 174 Å². The van der Waals surface area contributed by atoms with E-state index in [0.29, 0.717) is 0 Å². The van der Waals surface area contributed by atoms with E-state index in [4.69, 9.17) is 9.47 Å². The summed E-state index contributed by atoms with van der Waals surface area (Å²) in [5.74, 6) is 2.26. The van der Waals surface area contributed by atoms with E-state index < -0.39 is 0 Å². The number of rotatable bonds is 4. The molecule has 0 aliphatic carbocycles. The largest absolute Gasteiger partial charge is 0.454 e. The first-order valence-corrected chi connectivity index (χ1v) is 10.8. The fraction of sp³-hybridized carbons (Fsp3) is 0.208. The summed E-state index contributed by atoms with van der Waals surface area (Å²) in [6, 6.07) is 26.1. The molecule has 146 valence electrons. The quantitative estimate of drug-likeness (QED) is 0.626. The van der Waals surface area contributed by atoms with Crippen molar-refractivity contribution in [1.82, 2.24) is 4.90 Å². The van der Waals surface area contributed by atoms with Crippen LogP contribution in [-0.4, -0.2) is 29.9 Å². The van der Waals surface area contributed by atoms with Crippen LogP contribution in [0.4, 0.5) is 0 Å².